The fraction of sp³-hybridized carbons (Fsp3) is 0.250. The van der Waals surface area contributed by atoms with Gasteiger partial charge in [-0.25, -0.2) is 4.39 Å². The van der Waals surface area contributed by atoms with Gasteiger partial charge in [0.15, 0.2) is 5.11 Å². The minimum atomic E-state index is -0.651. The number of unbranched alkanes of at least 4 members (excludes halogenated alkanes) is 1. The second kappa shape index (κ2) is 10.4. The van der Waals surface area contributed by atoms with E-state index in [1.54, 1.807) is 24.3 Å². The highest BCUT2D eigenvalue weighted by atomic mass is 32.1. The number of methoxy groups -OCH3 is 1. The first kappa shape index (κ1) is 21.3. The van der Waals surface area contributed by atoms with Crippen molar-refractivity contribution in [2.24, 2.45) is 0 Å². The molecule has 8 heteroatoms. The van der Waals surface area contributed by atoms with E-state index < -0.39 is 11.7 Å². The summed E-state index contributed by atoms with van der Waals surface area (Å²) in [6, 6.07) is 10.6. The molecule has 0 atom stereocenters. The van der Waals surface area contributed by atoms with Gasteiger partial charge in [-0.2, -0.15) is 0 Å². The van der Waals surface area contributed by atoms with Crippen LogP contribution in [0.2, 0.25) is 0 Å². The van der Waals surface area contributed by atoms with E-state index in [0.717, 1.165) is 12.8 Å². The Balaban J connectivity index is 2.01. The zero-order valence-electron chi connectivity index (χ0n) is 15.7. The van der Waals surface area contributed by atoms with Gasteiger partial charge in [-0.15, -0.1) is 0 Å². The average molecular weight is 403 g/mol. The standard InChI is InChI=1S/C20H22FN3O3S/c1-3-4-9-18(25)23-16-11-10-13(12-17(16)27-2)22-20(28)24-19(26)14-7-5-6-8-15(14)21/h5-8,10-12H,3-4,9H2,1-2H3,(H,23,25)(H2,22,24,26,28). The molecule has 2 amide bonds. The molecule has 0 aliphatic rings. The van der Waals surface area contributed by atoms with Gasteiger partial charge >= 0.3 is 0 Å². The lowest BCUT2D eigenvalue weighted by atomic mass is 10.2. The number of rotatable bonds is 7. The molecule has 0 aliphatic carbocycles. The molecular formula is C20H22FN3O3S. The smallest absolute Gasteiger partial charge is 0.260 e. The predicted octanol–water partition coefficient (Wildman–Crippen LogP) is 4.09. The van der Waals surface area contributed by atoms with Crippen molar-refractivity contribution in [1.82, 2.24) is 5.32 Å². The first-order valence-corrected chi connectivity index (χ1v) is 9.20. The van der Waals surface area contributed by atoms with Crippen molar-refractivity contribution < 1.29 is 18.7 Å². The third-order valence-corrected chi connectivity index (χ3v) is 4.04. The Morgan fingerprint density at radius 2 is 1.89 bits per heavy atom. The summed E-state index contributed by atoms with van der Waals surface area (Å²) < 4.78 is 19.0. The summed E-state index contributed by atoms with van der Waals surface area (Å²) in [6.45, 7) is 2.02. The second-order valence-electron chi connectivity index (χ2n) is 5.95. The van der Waals surface area contributed by atoms with Crippen LogP contribution in [0, 0.1) is 5.82 Å². The van der Waals surface area contributed by atoms with Crippen LogP contribution in [0.3, 0.4) is 0 Å². The van der Waals surface area contributed by atoms with Crippen molar-refractivity contribution in [1.29, 1.82) is 0 Å². The summed E-state index contributed by atoms with van der Waals surface area (Å²) in [5.74, 6) is -0.929. The lowest BCUT2D eigenvalue weighted by Gasteiger charge is -2.14. The van der Waals surface area contributed by atoms with Crippen LogP contribution in [0.5, 0.6) is 5.75 Å². The molecule has 0 heterocycles. The van der Waals surface area contributed by atoms with Gasteiger partial charge in [-0.3, -0.25) is 14.9 Å². The number of thiocarbonyl (C=S) groups is 1. The number of nitrogens with one attached hydrogen (secondary N) is 3. The van der Waals surface area contributed by atoms with Crippen molar-refractivity contribution in [3.05, 3.63) is 53.8 Å². The van der Waals surface area contributed by atoms with Crippen LogP contribution in [0.1, 0.15) is 36.5 Å². The van der Waals surface area contributed by atoms with Gasteiger partial charge in [0.25, 0.3) is 5.91 Å². The number of hydrogen-bond donors (Lipinski definition) is 3. The topological polar surface area (TPSA) is 79.5 Å². The number of anilines is 2. The van der Waals surface area contributed by atoms with Gasteiger partial charge < -0.3 is 15.4 Å². The number of halogens is 1. The molecule has 2 rings (SSSR count). The van der Waals surface area contributed by atoms with E-state index in [4.69, 9.17) is 17.0 Å². The second-order valence-corrected chi connectivity index (χ2v) is 6.36. The number of hydrogen-bond acceptors (Lipinski definition) is 4. The number of ether oxygens (including phenoxy) is 1. The molecule has 0 aliphatic heterocycles. The Labute approximate surface area is 168 Å². The summed E-state index contributed by atoms with van der Waals surface area (Å²) in [4.78, 5) is 24.0. The zero-order valence-corrected chi connectivity index (χ0v) is 16.5. The van der Waals surface area contributed by atoms with Gasteiger partial charge in [0, 0.05) is 18.2 Å². The van der Waals surface area contributed by atoms with Gasteiger partial charge in [0.05, 0.1) is 18.4 Å². The normalized spacial score (nSPS) is 10.1. The Hall–Kier alpha value is -3.00. The molecule has 0 radical (unpaired) electrons. The van der Waals surface area contributed by atoms with E-state index in [0.29, 0.717) is 23.5 Å². The fourth-order valence-electron chi connectivity index (χ4n) is 2.40. The quantitative estimate of drug-likeness (QED) is 0.607. The lowest BCUT2D eigenvalue weighted by molar-refractivity contribution is -0.116. The molecule has 0 fully saturated rings. The largest absolute Gasteiger partial charge is 0.494 e. The van der Waals surface area contributed by atoms with Crippen molar-refractivity contribution in [3.63, 3.8) is 0 Å². The lowest BCUT2D eigenvalue weighted by Crippen LogP contribution is -2.34. The monoisotopic (exact) mass is 403 g/mol. The summed E-state index contributed by atoms with van der Waals surface area (Å²) in [5, 5.41) is 8.07. The highest BCUT2D eigenvalue weighted by Gasteiger charge is 2.13. The van der Waals surface area contributed by atoms with E-state index in [1.165, 1.54) is 25.3 Å². The molecule has 2 aromatic rings. The molecule has 0 saturated heterocycles. The maximum Gasteiger partial charge on any atom is 0.260 e. The highest BCUT2D eigenvalue weighted by molar-refractivity contribution is 7.80. The van der Waals surface area contributed by atoms with Crippen LogP contribution in [0.15, 0.2) is 42.5 Å². The van der Waals surface area contributed by atoms with Crippen molar-refractivity contribution in [3.8, 4) is 5.75 Å². The number of amides is 2. The number of benzene rings is 2. The summed E-state index contributed by atoms with van der Waals surface area (Å²) >= 11 is 5.11. The van der Waals surface area contributed by atoms with Crippen LogP contribution >= 0.6 is 12.2 Å². The molecule has 28 heavy (non-hydrogen) atoms. The molecule has 2 aromatic carbocycles. The van der Waals surface area contributed by atoms with E-state index in [2.05, 4.69) is 16.0 Å². The number of carbonyl (C=O) groups excluding carboxylic acids is 2. The van der Waals surface area contributed by atoms with E-state index in [1.807, 2.05) is 6.92 Å². The van der Waals surface area contributed by atoms with Gasteiger partial charge in [0.1, 0.15) is 11.6 Å². The molecule has 0 unspecified atom stereocenters. The Morgan fingerprint density at radius 1 is 1.14 bits per heavy atom. The first-order valence-electron chi connectivity index (χ1n) is 8.79. The zero-order chi connectivity index (χ0) is 20.5. The van der Waals surface area contributed by atoms with Crippen LogP contribution in [0.25, 0.3) is 0 Å². The van der Waals surface area contributed by atoms with Crippen molar-refractivity contribution in [2.75, 3.05) is 17.7 Å². The van der Waals surface area contributed by atoms with E-state index >= 15 is 0 Å². The minimum Gasteiger partial charge on any atom is -0.494 e. The molecular weight excluding hydrogens is 381 g/mol. The number of carbonyl (C=O) groups is 2. The third-order valence-electron chi connectivity index (χ3n) is 3.84. The van der Waals surface area contributed by atoms with Crippen LogP contribution in [0.4, 0.5) is 15.8 Å². The van der Waals surface area contributed by atoms with Gasteiger partial charge in [-0.1, -0.05) is 25.5 Å². The average Bonchev–Trinajstić information content (AvgIpc) is 2.67. The van der Waals surface area contributed by atoms with Crippen LogP contribution in [-0.4, -0.2) is 24.0 Å². The van der Waals surface area contributed by atoms with Gasteiger partial charge in [-0.05, 0) is 42.9 Å². The van der Waals surface area contributed by atoms with Crippen molar-refractivity contribution >= 4 is 40.5 Å². The first-order chi connectivity index (χ1) is 13.4. The Kier molecular flexibility index (Phi) is 7.88. The maximum atomic E-state index is 13.7. The predicted molar refractivity (Wildman–Crippen MR) is 111 cm³/mol. The fourth-order valence-corrected chi connectivity index (χ4v) is 2.61. The molecule has 148 valence electrons. The Bertz CT molecular complexity index is 874. The molecule has 0 spiro atoms. The molecule has 0 bridgehead atoms. The van der Waals surface area contributed by atoms with Gasteiger partial charge in [0.2, 0.25) is 5.91 Å². The van der Waals surface area contributed by atoms with Crippen LogP contribution < -0.4 is 20.7 Å². The summed E-state index contributed by atoms with van der Waals surface area (Å²) in [6.07, 6.45) is 2.18. The molecule has 3 N–H and O–H groups in total. The van der Waals surface area contributed by atoms with E-state index in [9.17, 15) is 14.0 Å². The van der Waals surface area contributed by atoms with Crippen LogP contribution in [-0.2, 0) is 4.79 Å². The van der Waals surface area contributed by atoms with Crippen molar-refractivity contribution in [2.45, 2.75) is 26.2 Å². The summed E-state index contributed by atoms with van der Waals surface area (Å²) in [5.41, 5.74) is 0.979. The maximum absolute atomic E-state index is 13.7. The molecule has 0 saturated carbocycles. The third kappa shape index (κ3) is 6.02. The minimum absolute atomic E-state index is 0.00929. The molecule has 0 aromatic heterocycles. The molecule has 6 nitrogen and oxygen atoms in total. The SMILES string of the molecule is CCCCC(=O)Nc1ccc(NC(=S)NC(=O)c2ccccc2F)cc1OC. The Morgan fingerprint density at radius 3 is 2.57 bits per heavy atom. The summed E-state index contributed by atoms with van der Waals surface area (Å²) in [7, 11) is 1.49. The van der Waals surface area contributed by atoms with E-state index in [-0.39, 0.29) is 16.6 Å². The highest BCUT2D eigenvalue weighted by Crippen LogP contribution is 2.28.